The van der Waals surface area contributed by atoms with Crippen LogP contribution in [0, 0.1) is 6.92 Å². The topological polar surface area (TPSA) is 118 Å². The molecule has 0 spiro atoms. The summed E-state index contributed by atoms with van der Waals surface area (Å²) in [7, 11) is -3.70. The standard InChI is InChI=1S/C20H24N6O3S2/c1-3-29-15-5-4-6-16(9-15)31(27,28)19-12-22-20(30-19)26-18-10-17(23-13(2)24-18)25-14-7-8-21-11-14/h4-6,9-10,12,14,21H,3,7-8,11H2,1-2H3,(H2,22,23,24,25,26)/t14-/m1/s1. The lowest BCUT2D eigenvalue weighted by molar-refractivity contribution is 0.339. The summed E-state index contributed by atoms with van der Waals surface area (Å²) in [6.07, 6.45) is 2.39. The second-order valence-corrected chi connectivity index (χ2v) is 10.2. The van der Waals surface area contributed by atoms with Crippen LogP contribution in [0.4, 0.5) is 16.8 Å². The molecule has 0 amide bonds. The minimum absolute atomic E-state index is 0.143. The lowest BCUT2D eigenvalue weighted by Crippen LogP contribution is -2.23. The van der Waals surface area contributed by atoms with Crippen molar-refractivity contribution in [2.75, 3.05) is 30.3 Å². The molecule has 31 heavy (non-hydrogen) atoms. The van der Waals surface area contributed by atoms with E-state index in [0.29, 0.717) is 35.2 Å². The molecule has 2 aromatic heterocycles. The smallest absolute Gasteiger partial charge is 0.217 e. The van der Waals surface area contributed by atoms with E-state index >= 15 is 0 Å². The second-order valence-electron chi connectivity index (χ2n) is 7.04. The first kappa shape index (κ1) is 21.5. The average molecular weight is 461 g/mol. The summed E-state index contributed by atoms with van der Waals surface area (Å²) in [5.74, 6) is 2.40. The Balaban J connectivity index is 1.52. The van der Waals surface area contributed by atoms with Crippen LogP contribution in [0.3, 0.4) is 0 Å². The summed E-state index contributed by atoms with van der Waals surface area (Å²) in [5.41, 5.74) is 0. The molecule has 1 atom stereocenters. The minimum atomic E-state index is -3.70. The Morgan fingerprint density at radius 2 is 2.10 bits per heavy atom. The molecule has 11 heteroatoms. The molecule has 3 aromatic rings. The van der Waals surface area contributed by atoms with Crippen molar-refractivity contribution in [3.8, 4) is 5.75 Å². The summed E-state index contributed by atoms with van der Waals surface area (Å²) in [4.78, 5) is 13.2. The summed E-state index contributed by atoms with van der Waals surface area (Å²) in [6, 6.07) is 8.59. The third-order valence-electron chi connectivity index (χ3n) is 4.66. The Hall–Kier alpha value is -2.76. The molecule has 0 radical (unpaired) electrons. The minimum Gasteiger partial charge on any atom is -0.494 e. The number of sulfone groups is 1. The molecule has 9 nitrogen and oxygen atoms in total. The molecule has 0 saturated carbocycles. The van der Waals surface area contributed by atoms with Gasteiger partial charge in [-0.05, 0) is 45.0 Å². The van der Waals surface area contributed by atoms with Gasteiger partial charge in [0.2, 0.25) is 9.84 Å². The highest BCUT2D eigenvalue weighted by Crippen LogP contribution is 2.31. The first-order valence-electron chi connectivity index (χ1n) is 9.98. The van der Waals surface area contributed by atoms with Crippen LogP contribution in [0.2, 0.25) is 0 Å². The molecule has 1 saturated heterocycles. The van der Waals surface area contributed by atoms with Gasteiger partial charge in [-0.1, -0.05) is 17.4 Å². The lowest BCUT2D eigenvalue weighted by atomic mass is 10.2. The van der Waals surface area contributed by atoms with Crippen molar-refractivity contribution in [2.45, 2.75) is 35.4 Å². The van der Waals surface area contributed by atoms with E-state index in [9.17, 15) is 8.42 Å². The van der Waals surface area contributed by atoms with Gasteiger partial charge in [-0.3, -0.25) is 0 Å². The summed E-state index contributed by atoms with van der Waals surface area (Å²) in [6.45, 7) is 6.00. The van der Waals surface area contributed by atoms with E-state index in [1.165, 1.54) is 12.3 Å². The van der Waals surface area contributed by atoms with Crippen LogP contribution in [0.1, 0.15) is 19.2 Å². The molecule has 1 fully saturated rings. The highest BCUT2D eigenvalue weighted by atomic mass is 32.2. The van der Waals surface area contributed by atoms with Crippen LogP contribution in [-0.2, 0) is 9.84 Å². The summed E-state index contributed by atoms with van der Waals surface area (Å²) < 4.78 is 31.6. The molecule has 3 heterocycles. The van der Waals surface area contributed by atoms with Crippen molar-refractivity contribution < 1.29 is 13.2 Å². The number of aromatic nitrogens is 3. The van der Waals surface area contributed by atoms with Crippen molar-refractivity contribution in [2.24, 2.45) is 0 Å². The summed E-state index contributed by atoms with van der Waals surface area (Å²) in [5, 5.41) is 10.2. The number of benzene rings is 1. The molecule has 0 aliphatic carbocycles. The van der Waals surface area contributed by atoms with Gasteiger partial charge in [0.25, 0.3) is 0 Å². The van der Waals surface area contributed by atoms with Gasteiger partial charge in [-0.2, -0.15) is 0 Å². The van der Waals surface area contributed by atoms with E-state index in [0.717, 1.165) is 36.7 Å². The van der Waals surface area contributed by atoms with Gasteiger partial charge >= 0.3 is 0 Å². The largest absolute Gasteiger partial charge is 0.494 e. The fourth-order valence-electron chi connectivity index (χ4n) is 3.26. The normalized spacial score (nSPS) is 16.3. The number of thiazole rings is 1. The highest BCUT2D eigenvalue weighted by Gasteiger charge is 2.22. The molecule has 0 unspecified atom stereocenters. The van der Waals surface area contributed by atoms with Crippen LogP contribution in [-0.4, -0.2) is 49.1 Å². The van der Waals surface area contributed by atoms with Crippen molar-refractivity contribution in [1.29, 1.82) is 0 Å². The SMILES string of the molecule is CCOc1cccc(S(=O)(=O)c2cnc(Nc3cc(N[C@@H]4CCNC4)nc(C)n3)s2)c1. The lowest BCUT2D eigenvalue weighted by Gasteiger charge is -2.13. The molecule has 164 valence electrons. The monoisotopic (exact) mass is 460 g/mol. The van der Waals surface area contributed by atoms with E-state index in [1.54, 1.807) is 24.3 Å². The molecule has 1 aromatic carbocycles. The Morgan fingerprint density at radius 3 is 2.87 bits per heavy atom. The van der Waals surface area contributed by atoms with E-state index in [4.69, 9.17) is 4.74 Å². The maximum Gasteiger partial charge on any atom is 0.217 e. The Morgan fingerprint density at radius 1 is 1.26 bits per heavy atom. The predicted octanol–water partition coefficient (Wildman–Crippen LogP) is 2.99. The molecular weight excluding hydrogens is 436 g/mol. The number of anilines is 3. The zero-order valence-electron chi connectivity index (χ0n) is 17.3. The Kier molecular flexibility index (Phi) is 6.35. The van der Waals surface area contributed by atoms with Crippen LogP contribution in [0.5, 0.6) is 5.75 Å². The Labute approximate surface area is 185 Å². The fraction of sp³-hybridized carbons (Fsp3) is 0.350. The fourth-order valence-corrected chi connectivity index (χ4v) is 5.73. The van der Waals surface area contributed by atoms with Gasteiger partial charge in [0.1, 0.15) is 27.4 Å². The van der Waals surface area contributed by atoms with Crippen molar-refractivity contribution in [1.82, 2.24) is 20.3 Å². The van der Waals surface area contributed by atoms with Crippen LogP contribution in [0.15, 0.2) is 45.6 Å². The van der Waals surface area contributed by atoms with Gasteiger partial charge < -0.3 is 20.7 Å². The first-order valence-corrected chi connectivity index (χ1v) is 12.3. The average Bonchev–Trinajstić information content (AvgIpc) is 3.40. The van der Waals surface area contributed by atoms with Crippen molar-refractivity contribution >= 4 is 37.9 Å². The molecule has 0 bridgehead atoms. The van der Waals surface area contributed by atoms with Crippen molar-refractivity contribution in [3.63, 3.8) is 0 Å². The van der Waals surface area contributed by atoms with Gasteiger partial charge in [-0.25, -0.2) is 23.4 Å². The van der Waals surface area contributed by atoms with E-state index < -0.39 is 9.84 Å². The maximum absolute atomic E-state index is 13.0. The number of nitrogens with one attached hydrogen (secondary N) is 3. The summed E-state index contributed by atoms with van der Waals surface area (Å²) >= 11 is 1.05. The quantitative estimate of drug-likeness (QED) is 0.466. The van der Waals surface area contributed by atoms with Gasteiger partial charge in [0.15, 0.2) is 5.13 Å². The number of aryl methyl sites for hydroxylation is 1. The third-order valence-corrected chi connectivity index (χ3v) is 7.79. The van der Waals surface area contributed by atoms with Gasteiger partial charge in [0, 0.05) is 18.7 Å². The third kappa shape index (κ3) is 5.12. The highest BCUT2D eigenvalue weighted by molar-refractivity contribution is 7.93. The zero-order chi connectivity index (χ0) is 21.8. The molecule has 3 N–H and O–H groups in total. The van der Waals surface area contributed by atoms with E-state index in [1.807, 2.05) is 13.8 Å². The van der Waals surface area contributed by atoms with Gasteiger partial charge in [-0.15, -0.1) is 0 Å². The zero-order valence-corrected chi connectivity index (χ0v) is 18.9. The van der Waals surface area contributed by atoms with Crippen molar-refractivity contribution in [3.05, 3.63) is 42.4 Å². The number of hydrogen-bond acceptors (Lipinski definition) is 10. The number of nitrogens with zero attached hydrogens (tertiary/aromatic N) is 3. The molecule has 1 aliphatic heterocycles. The molecule has 4 rings (SSSR count). The van der Waals surface area contributed by atoms with E-state index in [-0.39, 0.29) is 9.10 Å². The molecular formula is C20H24N6O3S2. The van der Waals surface area contributed by atoms with Gasteiger partial charge in [0.05, 0.1) is 17.7 Å². The first-order chi connectivity index (χ1) is 14.9. The number of rotatable bonds is 8. The molecule has 1 aliphatic rings. The van der Waals surface area contributed by atoms with Crippen LogP contribution < -0.4 is 20.7 Å². The van der Waals surface area contributed by atoms with E-state index in [2.05, 4.69) is 30.9 Å². The predicted molar refractivity (Wildman–Crippen MR) is 120 cm³/mol. The van der Waals surface area contributed by atoms with Crippen LogP contribution >= 0.6 is 11.3 Å². The maximum atomic E-state index is 13.0. The Bertz CT molecular complexity index is 1160. The van der Waals surface area contributed by atoms with Crippen LogP contribution in [0.25, 0.3) is 0 Å². The second kappa shape index (κ2) is 9.16. The number of hydrogen-bond donors (Lipinski definition) is 3. The number of ether oxygens (including phenoxy) is 1.